The van der Waals surface area contributed by atoms with Crippen LogP contribution in [0.3, 0.4) is 0 Å². The fourth-order valence-electron chi connectivity index (χ4n) is 2.04. The highest BCUT2D eigenvalue weighted by Crippen LogP contribution is 2.13. The highest BCUT2D eigenvalue weighted by Gasteiger charge is 2.03. The van der Waals surface area contributed by atoms with Crippen molar-refractivity contribution in [2.75, 3.05) is 11.9 Å². The first-order chi connectivity index (χ1) is 10.3. The van der Waals surface area contributed by atoms with Crippen molar-refractivity contribution in [3.63, 3.8) is 0 Å². The number of carbonyl (C=O) groups is 1. The molecule has 1 aromatic rings. The molecule has 0 bridgehead atoms. The van der Waals surface area contributed by atoms with E-state index in [9.17, 15) is 4.79 Å². The molecule has 4 heteroatoms. The van der Waals surface area contributed by atoms with E-state index in [0.29, 0.717) is 18.9 Å². The van der Waals surface area contributed by atoms with Crippen LogP contribution in [-0.4, -0.2) is 17.5 Å². The largest absolute Gasteiger partial charge is 0.478 e. The lowest BCUT2D eigenvalue weighted by Gasteiger charge is -2.07. The molecule has 1 rings (SSSR count). The molecule has 0 fully saturated rings. The van der Waals surface area contributed by atoms with Crippen LogP contribution in [0.5, 0.6) is 5.88 Å². The summed E-state index contributed by atoms with van der Waals surface area (Å²) >= 11 is 0. The number of pyridine rings is 1. The molecule has 0 unspecified atom stereocenters. The number of aromatic nitrogens is 1. The molecule has 1 N–H and O–H groups in total. The van der Waals surface area contributed by atoms with Gasteiger partial charge in [0.2, 0.25) is 11.8 Å². The molecule has 1 aromatic heterocycles. The van der Waals surface area contributed by atoms with Crippen molar-refractivity contribution in [1.82, 2.24) is 4.98 Å². The van der Waals surface area contributed by atoms with E-state index >= 15 is 0 Å². The van der Waals surface area contributed by atoms with Gasteiger partial charge in [-0.1, -0.05) is 46.0 Å². The van der Waals surface area contributed by atoms with Gasteiger partial charge in [-0.25, -0.2) is 4.98 Å². The summed E-state index contributed by atoms with van der Waals surface area (Å²) in [4.78, 5) is 16.0. The van der Waals surface area contributed by atoms with Crippen LogP contribution in [0.1, 0.15) is 65.2 Å². The number of nitrogens with zero attached hydrogens (tertiary/aromatic N) is 1. The molecule has 0 aliphatic heterocycles. The number of unbranched alkanes of at least 4 members (excludes halogenated alkanes) is 5. The third kappa shape index (κ3) is 8.33. The highest BCUT2D eigenvalue weighted by atomic mass is 16.5. The summed E-state index contributed by atoms with van der Waals surface area (Å²) in [7, 11) is 0. The lowest BCUT2D eigenvalue weighted by Crippen LogP contribution is -2.11. The summed E-state index contributed by atoms with van der Waals surface area (Å²) in [6.45, 7) is 4.92. The van der Waals surface area contributed by atoms with Crippen LogP contribution in [0.4, 0.5) is 5.69 Å². The summed E-state index contributed by atoms with van der Waals surface area (Å²) in [6, 6.07) is 3.62. The van der Waals surface area contributed by atoms with Gasteiger partial charge in [0.1, 0.15) is 0 Å². The summed E-state index contributed by atoms with van der Waals surface area (Å²) in [5, 5.41) is 2.87. The van der Waals surface area contributed by atoms with Gasteiger partial charge in [-0.2, -0.15) is 0 Å². The number of carbonyl (C=O) groups excluding carboxylic acids is 1. The van der Waals surface area contributed by atoms with Crippen molar-refractivity contribution in [2.24, 2.45) is 0 Å². The second-order valence-electron chi connectivity index (χ2n) is 5.30. The summed E-state index contributed by atoms with van der Waals surface area (Å²) in [5.74, 6) is 0.667. The maximum atomic E-state index is 11.8. The number of anilines is 1. The standard InChI is InChI=1S/C17H28N2O2/c1-3-5-6-7-8-9-10-16(20)19-15-11-12-17(18-14-15)21-13-4-2/h11-12,14H,3-10,13H2,1-2H3,(H,19,20). The molecule has 0 atom stereocenters. The molecule has 0 aromatic carbocycles. The second-order valence-corrected chi connectivity index (χ2v) is 5.30. The zero-order valence-corrected chi connectivity index (χ0v) is 13.4. The molecule has 1 amide bonds. The van der Waals surface area contributed by atoms with Gasteiger partial charge >= 0.3 is 0 Å². The molecule has 1 heterocycles. The summed E-state index contributed by atoms with van der Waals surface area (Å²) < 4.78 is 5.40. The predicted octanol–water partition coefficient (Wildman–Crippen LogP) is 4.56. The van der Waals surface area contributed by atoms with Crippen molar-refractivity contribution >= 4 is 11.6 Å². The average Bonchev–Trinajstić information content (AvgIpc) is 2.50. The van der Waals surface area contributed by atoms with Crippen LogP contribution in [0, 0.1) is 0 Å². The minimum atomic E-state index is 0.0644. The molecule has 0 radical (unpaired) electrons. The Morgan fingerprint density at radius 2 is 1.86 bits per heavy atom. The first kappa shape index (κ1) is 17.5. The Hall–Kier alpha value is -1.58. The molecule has 118 valence electrons. The SMILES string of the molecule is CCCCCCCCC(=O)Nc1ccc(OCCC)nc1. The number of ether oxygens (including phenoxy) is 1. The summed E-state index contributed by atoms with van der Waals surface area (Å²) in [5.41, 5.74) is 0.731. The fourth-order valence-corrected chi connectivity index (χ4v) is 2.04. The molecule has 0 aliphatic rings. The second kappa shape index (κ2) is 11.1. The van der Waals surface area contributed by atoms with E-state index < -0.39 is 0 Å². The normalized spacial score (nSPS) is 10.4. The predicted molar refractivity (Wildman–Crippen MR) is 86.6 cm³/mol. The van der Waals surface area contributed by atoms with Gasteiger partial charge in [0.05, 0.1) is 18.5 Å². The molecule has 21 heavy (non-hydrogen) atoms. The Kier molecular flexibility index (Phi) is 9.25. The van der Waals surface area contributed by atoms with Crippen LogP contribution in [0.25, 0.3) is 0 Å². The number of rotatable bonds is 11. The van der Waals surface area contributed by atoms with Gasteiger partial charge in [-0.15, -0.1) is 0 Å². The fraction of sp³-hybridized carbons (Fsp3) is 0.647. The Balaban J connectivity index is 2.18. The monoisotopic (exact) mass is 292 g/mol. The van der Waals surface area contributed by atoms with Crippen molar-refractivity contribution in [3.05, 3.63) is 18.3 Å². The van der Waals surface area contributed by atoms with E-state index in [0.717, 1.165) is 24.9 Å². The topological polar surface area (TPSA) is 51.2 Å². The van der Waals surface area contributed by atoms with E-state index in [1.807, 2.05) is 6.07 Å². The van der Waals surface area contributed by atoms with Gasteiger partial charge in [0.15, 0.2) is 0 Å². The van der Waals surface area contributed by atoms with Crippen molar-refractivity contribution in [3.8, 4) is 5.88 Å². The van der Waals surface area contributed by atoms with E-state index in [4.69, 9.17) is 4.74 Å². The van der Waals surface area contributed by atoms with Gasteiger partial charge in [-0.05, 0) is 18.9 Å². The Bertz CT molecular complexity index is 390. The molecule has 0 saturated carbocycles. The zero-order valence-electron chi connectivity index (χ0n) is 13.4. The number of amides is 1. The first-order valence-corrected chi connectivity index (χ1v) is 8.15. The third-order valence-corrected chi connectivity index (χ3v) is 3.23. The third-order valence-electron chi connectivity index (χ3n) is 3.23. The minimum Gasteiger partial charge on any atom is -0.478 e. The van der Waals surface area contributed by atoms with Gasteiger partial charge < -0.3 is 10.1 Å². The van der Waals surface area contributed by atoms with E-state index in [-0.39, 0.29) is 5.91 Å². The van der Waals surface area contributed by atoms with Crippen LogP contribution >= 0.6 is 0 Å². The van der Waals surface area contributed by atoms with Crippen LogP contribution in [0.2, 0.25) is 0 Å². The van der Waals surface area contributed by atoms with E-state index in [1.54, 1.807) is 12.3 Å². The number of nitrogens with one attached hydrogen (secondary N) is 1. The Morgan fingerprint density at radius 1 is 1.10 bits per heavy atom. The van der Waals surface area contributed by atoms with Crippen molar-refractivity contribution < 1.29 is 9.53 Å². The lowest BCUT2D eigenvalue weighted by atomic mass is 10.1. The van der Waals surface area contributed by atoms with Gasteiger partial charge in [-0.3, -0.25) is 4.79 Å². The van der Waals surface area contributed by atoms with Crippen LogP contribution in [-0.2, 0) is 4.79 Å². The quantitative estimate of drug-likeness (QED) is 0.608. The molecular formula is C17H28N2O2. The molecule has 0 spiro atoms. The first-order valence-electron chi connectivity index (χ1n) is 8.15. The Labute approximate surface area is 128 Å². The van der Waals surface area contributed by atoms with Crippen molar-refractivity contribution in [1.29, 1.82) is 0 Å². The number of hydrogen-bond donors (Lipinski definition) is 1. The van der Waals surface area contributed by atoms with E-state index in [1.165, 1.54) is 25.7 Å². The van der Waals surface area contributed by atoms with Gasteiger partial charge in [0.25, 0.3) is 0 Å². The maximum absolute atomic E-state index is 11.8. The van der Waals surface area contributed by atoms with Gasteiger partial charge in [0, 0.05) is 12.5 Å². The molecular weight excluding hydrogens is 264 g/mol. The molecule has 0 saturated heterocycles. The maximum Gasteiger partial charge on any atom is 0.224 e. The zero-order chi connectivity index (χ0) is 15.3. The van der Waals surface area contributed by atoms with Crippen LogP contribution < -0.4 is 10.1 Å². The Morgan fingerprint density at radius 3 is 2.52 bits per heavy atom. The smallest absolute Gasteiger partial charge is 0.224 e. The molecule has 0 aliphatic carbocycles. The van der Waals surface area contributed by atoms with Crippen molar-refractivity contribution in [2.45, 2.75) is 65.2 Å². The lowest BCUT2D eigenvalue weighted by molar-refractivity contribution is -0.116. The van der Waals surface area contributed by atoms with Crippen LogP contribution in [0.15, 0.2) is 18.3 Å². The highest BCUT2D eigenvalue weighted by molar-refractivity contribution is 5.90. The average molecular weight is 292 g/mol. The summed E-state index contributed by atoms with van der Waals surface area (Å²) in [6.07, 6.45) is 10.3. The van der Waals surface area contributed by atoms with E-state index in [2.05, 4.69) is 24.1 Å². The number of hydrogen-bond acceptors (Lipinski definition) is 3. The minimum absolute atomic E-state index is 0.0644. The molecule has 4 nitrogen and oxygen atoms in total.